The second-order valence-electron chi connectivity index (χ2n) is 4.18. The Hall–Kier alpha value is -2.63. The molecule has 0 fully saturated rings. The van der Waals surface area contributed by atoms with Crippen molar-refractivity contribution in [3.8, 4) is 0 Å². The third-order valence-corrected chi connectivity index (χ3v) is 2.81. The summed E-state index contributed by atoms with van der Waals surface area (Å²) in [5.74, 6) is -0.172. The van der Waals surface area contributed by atoms with E-state index in [4.69, 9.17) is 0 Å². The number of hydrogen-bond acceptors (Lipinski definition) is 4. The van der Waals surface area contributed by atoms with Gasteiger partial charge < -0.3 is 14.6 Å². The fraction of sp³-hybridized carbons (Fsp3) is 0.214. The Kier molecular flexibility index (Phi) is 4.14. The quantitative estimate of drug-likeness (QED) is 0.859. The third kappa shape index (κ3) is 3.03. The van der Waals surface area contributed by atoms with Crippen molar-refractivity contribution in [1.29, 1.82) is 0 Å². The van der Waals surface area contributed by atoms with Crippen molar-refractivity contribution in [3.05, 3.63) is 48.0 Å². The van der Waals surface area contributed by atoms with E-state index < -0.39 is 5.97 Å². The second-order valence-corrected chi connectivity index (χ2v) is 4.18. The predicted molar refractivity (Wildman–Crippen MR) is 73.4 cm³/mol. The zero-order chi connectivity index (χ0) is 14.5. The van der Waals surface area contributed by atoms with Crippen LogP contribution in [-0.2, 0) is 16.1 Å². The highest BCUT2D eigenvalue weighted by molar-refractivity contribution is 5.92. The van der Waals surface area contributed by atoms with Gasteiger partial charge in [-0.05, 0) is 19.1 Å². The van der Waals surface area contributed by atoms with Crippen molar-refractivity contribution in [2.75, 3.05) is 12.4 Å². The van der Waals surface area contributed by atoms with E-state index in [1.54, 1.807) is 19.1 Å². The van der Waals surface area contributed by atoms with E-state index in [0.29, 0.717) is 11.5 Å². The van der Waals surface area contributed by atoms with Crippen molar-refractivity contribution in [2.45, 2.75) is 13.5 Å². The van der Waals surface area contributed by atoms with E-state index in [0.717, 1.165) is 0 Å². The molecule has 0 spiro atoms. The molecule has 0 aliphatic carbocycles. The highest BCUT2D eigenvalue weighted by Gasteiger charge is 2.17. The molecule has 0 atom stereocenters. The number of nitrogens with one attached hydrogen (secondary N) is 1. The molecule has 1 heterocycles. The lowest BCUT2D eigenvalue weighted by atomic mass is 10.3. The number of rotatable bonds is 4. The van der Waals surface area contributed by atoms with Gasteiger partial charge in [0.1, 0.15) is 18.1 Å². The number of anilines is 1. The molecule has 0 saturated carbocycles. The van der Waals surface area contributed by atoms with Crippen LogP contribution >= 0.6 is 0 Å². The zero-order valence-corrected chi connectivity index (χ0v) is 11.3. The van der Waals surface area contributed by atoms with Crippen LogP contribution in [0.2, 0.25) is 0 Å². The largest absolute Gasteiger partial charge is 0.464 e. The lowest BCUT2D eigenvalue weighted by Crippen LogP contribution is -2.22. The molecule has 6 heteroatoms. The molecular formula is C14H15N3O3. The number of benzene rings is 1. The first kappa shape index (κ1) is 13.8. The predicted octanol–water partition coefficient (Wildman–Crippen LogP) is 1.62. The Bertz CT molecular complexity index is 620. The van der Waals surface area contributed by atoms with Gasteiger partial charge in [-0.25, -0.2) is 9.78 Å². The van der Waals surface area contributed by atoms with Crippen molar-refractivity contribution >= 4 is 17.6 Å². The molecule has 1 aromatic carbocycles. The van der Waals surface area contributed by atoms with Gasteiger partial charge in [-0.3, -0.25) is 4.79 Å². The van der Waals surface area contributed by atoms with Gasteiger partial charge in [0.05, 0.1) is 13.3 Å². The molecule has 2 rings (SSSR count). The van der Waals surface area contributed by atoms with Gasteiger partial charge in [0.15, 0.2) is 0 Å². The first-order valence-corrected chi connectivity index (χ1v) is 6.07. The standard InChI is InChI=1S/C14H15N3O3/c1-10-15-8-12(14(19)20-2)17(10)9-13(18)16-11-6-4-3-5-7-11/h3-8H,9H2,1-2H3,(H,16,18). The minimum absolute atomic E-state index is 0.00512. The van der Waals surface area contributed by atoms with E-state index in [2.05, 4.69) is 15.0 Å². The van der Waals surface area contributed by atoms with Gasteiger partial charge in [0, 0.05) is 5.69 Å². The highest BCUT2D eigenvalue weighted by atomic mass is 16.5. The molecule has 20 heavy (non-hydrogen) atoms. The maximum atomic E-state index is 12.0. The summed E-state index contributed by atoms with van der Waals surface area (Å²) in [5, 5.41) is 2.75. The number of para-hydroxylation sites is 1. The summed E-state index contributed by atoms with van der Waals surface area (Å²) in [7, 11) is 1.29. The molecule has 0 aliphatic heterocycles. The summed E-state index contributed by atoms with van der Waals surface area (Å²) in [6, 6.07) is 9.11. The van der Waals surface area contributed by atoms with Crippen LogP contribution in [0.25, 0.3) is 0 Å². The maximum absolute atomic E-state index is 12.0. The lowest BCUT2D eigenvalue weighted by molar-refractivity contribution is -0.116. The summed E-state index contributed by atoms with van der Waals surface area (Å²) in [6.07, 6.45) is 1.40. The Balaban J connectivity index is 2.12. The Morgan fingerprint density at radius 3 is 2.65 bits per heavy atom. The normalized spacial score (nSPS) is 10.1. The Morgan fingerprint density at radius 1 is 1.30 bits per heavy atom. The molecule has 1 amide bonds. The second kappa shape index (κ2) is 6.01. The number of aromatic nitrogens is 2. The van der Waals surface area contributed by atoms with Crippen LogP contribution in [0.1, 0.15) is 16.3 Å². The highest BCUT2D eigenvalue weighted by Crippen LogP contribution is 2.09. The summed E-state index contributed by atoms with van der Waals surface area (Å²) in [5.41, 5.74) is 0.961. The molecule has 0 radical (unpaired) electrons. The average molecular weight is 273 g/mol. The Morgan fingerprint density at radius 2 is 2.00 bits per heavy atom. The number of methoxy groups -OCH3 is 1. The number of ether oxygens (including phenoxy) is 1. The summed E-state index contributed by atoms with van der Waals surface area (Å²) < 4.78 is 6.18. The molecule has 1 aromatic heterocycles. The van der Waals surface area contributed by atoms with E-state index in [9.17, 15) is 9.59 Å². The molecule has 1 N–H and O–H groups in total. The number of nitrogens with zero attached hydrogens (tertiary/aromatic N) is 2. The number of carbonyl (C=O) groups is 2. The first-order valence-electron chi connectivity index (χ1n) is 6.07. The maximum Gasteiger partial charge on any atom is 0.356 e. The van der Waals surface area contributed by atoms with Crippen LogP contribution in [0.3, 0.4) is 0 Å². The topological polar surface area (TPSA) is 73.2 Å². The SMILES string of the molecule is COC(=O)c1cnc(C)n1CC(=O)Nc1ccccc1. The van der Waals surface area contributed by atoms with Crippen molar-refractivity contribution < 1.29 is 14.3 Å². The zero-order valence-electron chi connectivity index (χ0n) is 11.3. The number of amides is 1. The van der Waals surface area contributed by atoms with Crippen LogP contribution in [0.15, 0.2) is 36.5 Å². The molecule has 0 unspecified atom stereocenters. The van der Waals surface area contributed by atoms with Crippen LogP contribution in [0.4, 0.5) is 5.69 Å². The number of aryl methyl sites for hydroxylation is 1. The Labute approximate surface area is 116 Å². The fourth-order valence-electron chi connectivity index (χ4n) is 1.80. The molecule has 2 aromatic rings. The summed E-state index contributed by atoms with van der Waals surface area (Å²) in [6.45, 7) is 1.73. The number of hydrogen-bond donors (Lipinski definition) is 1. The molecule has 104 valence electrons. The van der Waals surface area contributed by atoms with Gasteiger partial charge in [-0.1, -0.05) is 18.2 Å². The number of esters is 1. The number of imidazole rings is 1. The molecular weight excluding hydrogens is 258 g/mol. The van der Waals surface area contributed by atoms with E-state index in [-0.39, 0.29) is 18.1 Å². The van der Waals surface area contributed by atoms with Crippen LogP contribution in [0.5, 0.6) is 0 Å². The molecule has 0 bridgehead atoms. The van der Waals surface area contributed by atoms with E-state index in [1.807, 2.05) is 18.2 Å². The van der Waals surface area contributed by atoms with Crippen LogP contribution < -0.4 is 5.32 Å². The lowest BCUT2D eigenvalue weighted by Gasteiger charge is -2.09. The summed E-state index contributed by atoms with van der Waals surface area (Å²) in [4.78, 5) is 27.6. The third-order valence-electron chi connectivity index (χ3n) is 2.81. The minimum atomic E-state index is -0.516. The van der Waals surface area contributed by atoms with Gasteiger partial charge in [0.2, 0.25) is 5.91 Å². The van der Waals surface area contributed by atoms with Gasteiger partial charge in [-0.15, -0.1) is 0 Å². The van der Waals surface area contributed by atoms with Crippen molar-refractivity contribution in [2.24, 2.45) is 0 Å². The van der Waals surface area contributed by atoms with Crippen molar-refractivity contribution in [3.63, 3.8) is 0 Å². The number of carbonyl (C=O) groups excluding carboxylic acids is 2. The van der Waals surface area contributed by atoms with E-state index in [1.165, 1.54) is 17.9 Å². The van der Waals surface area contributed by atoms with Gasteiger partial charge >= 0.3 is 5.97 Å². The van der Waals surface area contributed by atoms with Crippen LogP contribution in [0, 0.1) is 6.92 Å². The van der Waals surface area contributed by atoms with Gasteiger partial charge in [0.25, 0.3) is 0 Å². The first-order chi connectivity index (χ1) is 9.61. The average Bonchev–Trinajstić information content (AvgIpc) is 2.80. The fourth-order valence-corrected chi connectivity index (χ4v) is 1.80. The minimum Gasteiger partial charge on any atom is -0.464 e. The smallest absolute Gasteiger partial charge is 0.356 e. The molecule has 0 saturated heterocycles. The molecule has 0 aliphatic rings. The molecule has 6 nitrogen and oxygen atoms in total. The summed E-state index contributed by atoms with van der Waals surface area (Å²) >= 11 is 0. The van der Waals surface area contributed by atoms with Gasteiger partial charge in [-0.2, -0.15) is 0 Å². The monoisotopic (exact) mass is 273 g/mol. The van der Waals surface area contributed by atoms with Crippen molar-refractivity contribution in [1.82, 2.24) is 9.55 Å². The van der Waals surface area contributed by atoms with Crippen LogP contribution in [-0.4, -0.2) is 28.5 Å². The van der Waals surface area contributed by atoms with E-state index >= 15 is 0 Å².